The smallest absolute Gasteiger partial charge is 0.252 e. The van der Waals surface area contributed by atoms with Crippen LogP contribution in [-0.4, -0.2) is 30.4 Å². The summed E-state index contributed by atoms with van der Waals surface area (Å²) in [5.41, 5.74) is 0.740. The molecular formula is C14H15FN2O3S. The maximum Gasteiger partial charge on any atom is 0.252 e. The molecule has 1 heterocycles. The summed E-state index contributed by atoms with van der Waals surface area (Å²) in [5, 5.41) is 0. The molecule has 7 heteroatoms. The summed E-state index contributed by atoms with van der Waals surface area (Å²) < 4.78 is 25.7. The van der Waals surface area contributed by atoms with Crippen molar-refractivity contribution < 1.29 is 13.9 Å². The van der Waals surface area contributed by atoms with E-state index in [9.17, 15) is 9.18 Å². The van der Waals surface area contributed by atoms with Crippen molar-refractivity contribution in [2.75, 3.05) is 20.8 Å². The highest BCUT2D eigenvalue weighted by molar-refractivity contribution is 7.71. The predicted molar refractivity (Wildman–Crippen MR) is 79.7 cm³/mol. The second kappa shape index (κ2) is 6.64. The van der Waals surface area contributed by atoms with Crippen molar-refractivity contribution >= 4 is 12.2 Å². The van der Waals surface area contributed by atoms with Crippen molar-refractivity contribution in [2.24, 2.45) is 0 Å². The number of nitrogens with one attached hydrogen (secondary N) is 1. The Morgan fingerprint density at radius 1 is 1.33 bits per heavy atom. The van der Waals surface area contributed by atoms with Gasteiger partial charge >= 0.3 is 0 Å². The Bertz CT molecular complexity index is 755. The van der Waals surface area contributed by atoms with Gasteiger partial charge in [-0.15, -0.1) is 0 Å². The number of nitrogens with zero attached hydrogens (tertiary/aromatic N) is 1. The number of H-pyrrole nitrogens is 1. The lowest BCUT2D eigenvalue weighted by Gasteiger charge is -2.13. The van der Waals surface area contributed by atoms with Gasteiger partial charge in [0.2, 0.25) is 0 Å². The van der Waals surface area contributed by atoms with Crippen LogP contribution in [-0.2, 0) is 11.3 Å². The number of hydrogen-bond acceptors (Lipinski definition) is 4. The number of hydrogen-bond donors (Lipinski definition) is 1. The minimum atomic E-state index is -0.500. The van der Waals surface area contributed by atoms with Crippen LogP contribution >= 0.6 is 12.2 Å². The van der Waals surface area contributed by atoms with E-state index in [4.69, 9.17) is 21.7 Å². The highest BCUT2D eigenvalue weighted by Gasteiger charge is 2.10. The van der Waals surface area contributed by atoms with Crippen LogP contribution in [0.5, 0.6) is 5.75 Å². The maximum absolute atomic E-state index is 13.8. The summed E-state index contributed by atoms with van der Waals surface area (Å²) in [6.45, 7) is 0.876. The van der Waals surface area contributed by atoms with Gasteiger partial charge in [-0.3, -0.25) is 9.78 Å². The summed E-state index contributed by atoms with van der Waals surface area (Å²) in [4.78, 5) is 14.2. The van der Waals surface area contributed by atoms with Crippen LogP contribution in [0.2, 0.25) is 0 Å². The van der Waals surface area contributed by atoms with E-state index in [1.54, 1.807) is 17.7 Å². The monoisotopic (exact) mass is 310 g/mol. The van der Waals surface area contributed by atoms with Gasteiger partial charge in [0.05, 0.1) is 19.4 Å². The van der Waals surface area contributed by atoms with Gasteiger partial charge in [-0.2, -0.15) is 0 Å². The van der Waals surface area contributed by atoms with Crippen LogP contribution in [0.15, 0.2) is 29.1 Å². The molecule has 0 bridgehead atoms. The predicted octanol–water partition coefficient (Wildman–Crippen LogP) is 2.37. The highest BCUT2D eigenvalue weighted by Crippen LogP contribution is 2.24. The van der Waals surface area contributed by atoms with Gasteiger partial charge < -0.3 is 14.0 Å². The second-order valence-electron chi connectivity index (χ2n) is 4.32. The largest absolute Gasteiger partial charge is 0.494 e. The normalized spacial score (nSPS) is 10.6. The number of benzene rings is 1. The van der Waals surface area contributed by atoms with E-state index in [-0.39, 0.29) is 16.1 Å². The average molecular weight is 310 g/mol. The molecule has 0 aliphatic carbocycles. The molecule has 1 aromatic carbocycles. The van der Waals surface area contributed by atoms with Crippen LogP contribution in [0.3, 0.4) is 0 Å². The lowest BCUT2D eigenvalue weighted by Crippen LogP contribution is -2.16. The molecule has 5 nitrogen and oxygen atoms in total. The zero-order valence-corrected chi connectivity index (χ0v) is 12.5. The number of ether oxygens (including phenoxy) is 2. The fourth-order valence-electron chi connectivity index (χ4n) is 1.99. The summed E-state index contributed by atoms with van der Waals surface area (Å²) >= 11 is 5.16. The van der Waals surface area contributed by atoms with Crippen molar-refractivity contribution in [1.29, 1.82) is 0 Å². The van der Waals surface area contributed by atoms with Crippen molar-refractivity contribution in [1.82, 2.24) is 9.55 Å². The lowest BCUT2D eigenvalue weighted by molar-refractivity contribution is 0.186. The first-order chi connectivity index (χ1) is 10.1. The van der Waals surface area contributed by atoms with Crippen LogP contribution < -0.4 is 10.3 Å². The molecule has 0 saturated carbocycles. The number of aromatic nitrogens is 2. The second-order valence-corrected chi connectivity index (χ2v) is 4.70. The molecule has 0 amide bonds. The first-order valence-electron chi connectivity index (χ1n) is 6.24. The first-order valence-corrected chi connectivity index (χ1v) is 6.64. The number of methoxy groups -OCH3 is 2. The summed E-state index contributed by atoms with van der Waals surface area (Å²) in [5.74, 6) is -0.356. The zero-order valence-electron chi connectivity index (χ0n) is 11.7. The molecule has 112 valence electrons. The average Bonchev–Trinajstić information content (AvgIpc) is 2.45. The first kappa shape index (κ1) is 15.4. The molecule has 1 aromatic heterocycles. The van der Waals surface area contributed by atoms with Gasteiger partial charge in [0.25, 0.3) is 5.56 Å². The number of rotatable bonds is 5. The molecule has 0 aliphatic rings. The van der Waals surface area contributed by atoms with Crippen LogP contribution in [0, 0.1) is 10.6 Å². The molecule has 21 heavy (non-hydrogen) atoms. The van der Waals surface area contributed by atoms with E-state index < -0.39 is 5.82 Å². The third-order valence-corrected chi connectivity index (χ3v) is 3.32. The quantitative estimate of drug-likeness (QED) is 0.862. The zero-order chi connectivity index (χ0) is 15.4. The molecule has 1 N–H and O–H groups in total. The minimum absolute atomic E-state index is 0.144. The molecule has 0 radical (unpaired) electrons. The molecule has 0 unspecified atom stereocenters. The molecule has 0 atom stereocenters. The minimum Gasteiger partial charge on any atom is -0.494 e. The third kappa shape index (κ3) is 3.37. The van der Waals surface area contributed by atoms with Crippen molar-refractivity contribution in [3.63, 3.8) is 0 Å². The summed E-state index contributed by atoms with van der Waals surface area (Å²) in [7, 11) is 2.97. The van der Waals surface area contributed by atoms with Gasteiger partial charge in [0.1, 0.15) is 0 Å². The van der Waals surface area contributed by atoms with E-state index >= 15 is 0 Å². The highest BCUT2D eigenvalue weighted by atomic mass is 32.1. The van der Waals surface area contributed by atoms with E-state index in [2.05, 4.69) is 4.98 Å². The molecule has 0 fully saturated rings. The molecule has 2 aromatic rings. The van der Waals surface area contributed by atoms with Gasteiger partial charge in [-0.1, -0.05) is 0 Å². The van der Waals surface area contributed by atoms with Gasteiger partial charge in [0.15, 0.2) is 16.3 Å². The summed E-state index contributed by atoms with van der Waals surface area (Å²) in [6.07, 6.45) is 0. The molecule has 0 saturated heterocycles. The van der Waals surface area contributed by atoms with Crippen LogP contribution in [0.1, 0.15) is 0 Å². The Kier molecular flexibility index (Phi) is 4.87. The number of aromatic amines is 1. The fraction of sp³-hybridized carbons (Fsp3) is 0.286. The Hall–Kier alpha value is -1.99. The van der Waals surface area contributed by atoms with E-state index in [1.807, 2.05) is 0 Å². The standard InChI is InChI=1S/C14H15FN2O3S/c1-19-6-5-17-11(8-13(18)16-14(17)21)9-3-4-12(20-2)10(15)7-9/h3-4,7-8H,5-6H2,1-2H3,(H,16,18,21). The van der Waals surface area contributed by atoms with E-state index in [0.717, 1.165) is 0 Å². The summed E-state index contributed by atoms with van der Waals surface area (Å²) in [6, 6.07) is 5.88. The van der Waals surface area contributed by atoms with E-state index in [1.165, 1.54) is 25.3 Å². The molecule has 0 aliphatic heterocycles. The lowest BCUT2D eigenvalue weighted by atomic mass is 10.1. The Labute approximate surface area is 126 Å². The van der Waals surface area contributed by atoms with Crippen LogP contribution in [0.4, 0.5) is 4.39 Å². The number of halogens is 1. The Balaban J connectivity index is 2.59. The van der Waals surface area contributed by atoms with Crippen molar-refractivity contribution in [3.05, 3.63) is 45.2 Å². The SMILES string of the molecule is COCCn1c(-c2ccc(OC)c(F)c2)cc(=O)[nH]c1=S. The van der Waals surface area contributed by atoms with Gasteiger partial charge in [-0.05, 0) is 30.4 Å². The Morgan fingerprint density at radius 3 is 2.71 bits per heavy atom. The molecule has 2 rings (SSSR count). The molecular weight excluding hydrogens is 295 g/mol. The fourth-order valence-corrected chi connectivity index (χ4v) is 2.28. The van der Waals surface area contributed by atoms with E-state index in [0.29, 0.717) is 24.4 Å². The van der Waals surface area contributed by atoms with Gasteiger partial charge in [-0.25, -0.2) is 4.39 Å². The topological polar surface area (TPSA) is 56.2 Å². The van der Waals surface area contributed by atoms with Crippen molar-refractivity contribution in [2.45, 2.75) is 6.54 Å². The maximum atomic E-state index is 13.8. The van der Waals surface area contributed by atoms with Crippen molar-refractivity contribution in [3.8, 4) is 17.0 Å². The third-order valence-electron chi connectivity index (χ3n) is 3.00. The molecule has 0 spiro atoms. The Morgan fingerprint density at radius 2 is 2.10 bits per heavy atom. The van der Waals surface area contributed by atoms with Crippen LogP contribution in [0.25, 0.3) is 11.3 Å². The van der Waals surface area contributed by atoms with Gasteiger partial charge in [0, 0.05) is 25.3 Å².